The lowest BCUT2D eigenvalue weighted by Gasteiger charge is -2.33. The van der Waals surface area contributed by atoms with E-state index in [0.717, 1.165) is 5.56 Å². The van der Waals surface area contributed by atoms with Crippen LogP contribution < -0.4 is 4.74 Å². The second-order valence-electron chi connectivity index (χ2n) is 6.38. The van der Waals surface area contributed by atoms with Gasteiger partial charge in [0.25, 0.3) is 0 Å². The Bertz CT molecular complexity index is 917. The number of amides is 1. The zero-order chi connectivity index (χ0) is 20.0. The van der Waals surface area contributed by atoms with Crippen molar-refractivity contribution in [1.29, 1.82) is 0 Å². The lowest BCUT2D eigenvalue weighted by molar-refractivity contribution is -0.127. The molecule has 0 aromatic heterocycles. The summed E-state index contributed by atoms with van der Waals surface area (Å²) in [5, 5.41) is 0. The molecule has 0 atom stereocenters. The van der Waals surface area contributed by atoms with Crippen molar-refractivity contribution in [3.63, 3.8) is 0 Å². The molecule has 2 aromatic rings. The average molecular weight is 401 g/mol. The van der Waals surface area contributed by atoms with Gasteiger partial charge in [0.05, 0.1) is 11.5 Å². The predicted octanol–water partition coefficient (Wildman–Crippen LogP) is 2.63. The van der Waals surface area contributed by atoms with Crippen LogP contribution in [0.15, 0.2) is 65.6 Å². The maximum atomic E-state index is 12.8. The number of benzene rings is 2. The summed E-state index contributed by atoms with van der Waals surface area (Å²) in [6.07, 6.45) is 3.30. The number of piperazine rings is 1. The summed E-state index contributed by atoms with van der Waals surface area (Å²) < 4.78 is 32.4. The fourth-order valence-corrected chi connectivity index (χ4v) is 4.43. The number of carbonyl (C=O) groups is 1. The van der Waals surface area contributed by atoms with Crippen molar-refractivity contribution in [2.24, 2.45) is 0 Å². The van der Waals surface area contributed by atoms with Crippen molar-refractivity contribution >= 4 is 22.0 Å². The van der Waals surface area contributed by atoms with Crippen LogP contribution in [0.3, 0.4) is 0 Å². The third-order valence-corrected chi connectivity index (χ3v) is 6.45. The molecule has 1 amide bonds. The van der Waals surface area contributed by atoms with Gasteiger partial charge in [-0.2, -0.15) is 4.31 Å². The maximum absolute atomic E-state index is 12.8. The number of rotatable bonds is 6. The van der Waals surface area contributed by atoms with Crippen molar-refractivity contribution in [3.8, 4) is 5.75 Å². The number of nitrogens with zero attached hydrogens (tertiary/aromatic N) is 2. The van der Waals surface area contributed by atoms with Crippen LogP contribution in [0, 0.1) is 0 Å². The molecule has 1 aliphatic heterocycles. The second-order valence-corrected chi connectivity index (χ2v) is 8.32. The number of sulfonamides is 1. The summed E-state index contributed by atoms with van der Waals surface area (Å²) in [4.78, 5) is 14.3. The zero-order valence-electron chi connectivity index (χ0n) is 15.8. The summed E-state index contributed by atoms with van der Waals surface area (Å²) >= 11 is 0. The van der Waals surface area contributed by atoms with E-state index in [1.165, 1.54) is 10.4 Å². The number of hydrogen-bond acceptors (Lipinski definition) is 4. The Kier molecular flexibility index (Phi) is 6.49. The lowest BCUT2D eigenvalue weighted by Crippen LogP contribution is -2.50. The third kappa shape index (κ3) is 4.79. The van der Waals surface area contributed by atoms with E-state index >= 15 is 0 Å². The van der Waals surface area contributed by atoms with Gasteiger partial charge in [-0.05, 0) is 42.8 Å². The molecule has 6 nitrogen and oxygen atoms in total. The molecule has 1 aliphatic rings. The molecule has 0 saturated carbocycles. The van der Waals surface area contributed by atoms with Crippen molar-refractivity contribution in [1.82, 2.24) is 9.21 Å². The molecule has 1 saturated heterocycles. The Labute approximate surface area is 166 Å². The van der Waals surface area contributed by atoms with E-state index in [4.69, 9.17) is 4.74 Å². The van der Waals surface area contributed by atoms with Crippen LogP contribution in [0.1, 0.15) is 12.5 Å². The summed E-state index contributed by atoms with van der Waals surface area (Å²) in [6, 6.07) is 16.0. The van der Waals surface area contributed by atoms with Gasteiger partial charge in [-0.25, -0.2) is 8.42 Å². The van der Waals surface area contributed by atoms with E-state index in [2.05, 4.69) is 0 Å². The van der Waals surface area contributed by atoms with Gasteiger partial charge in [0.15, 0.2) is 0 Å². The normalized spacial score (nSPS) is 15.7. The molecule has 1 heterocycles. The zero-order valence-corrected chi connectivity index (χ0v) is 16.6. The molecule has 0 spiro atoms. The summed E-state index contributed by atoms with van der Waals surface area (Å²) in [5.41, 5.74) is 0.951. The molecule has 0 aliphatic carbocycles. The smallest absolute Gasteiger partial charge is 0.246 e. The molecule has 1 fully saturated rings. The Morgan fingerprint density at radius 3 is 2.25 bits per heavy atom. The SMILES string of the molecule is CCOc1ccc(S(=O)(=O)N2CCN(C(=O)/C=C/c3ccccc3)CC2)cc1. The first-order valence-corrected chi connectivity index (χ1v) is 10.7. The number of ether oxygens (including phenoxy) is 1. The van der Waals surface area contributed by atoms with Gasteiger partial charge in [0, 0.05) is 32.3 Å². The van der Waals surface area contributed by atoms with Gasteiger partial charge in [-0.1, -0.05) is 30.3 Å². The van der Waals surface area contributed by atoms with Crippen molar-refractivity contribution in [3.05, 3.63) is 66.2 Å². The minimum atomic E-state index is -3.58. The molecule has 7 heteroatoms. The highest BCUT2D eigenvalue weighted by Crippen LogP contribution is 2.21. The van der Waals surface area contributed by atoms with E-state index in [1.807, 2.05) is 37.3 Å². The summed E-state index contributed by atoms with van der Waals surface area (Å²) in [6.45, 7) is 3.70. The van der Waals surface area contributed by atoms with Gasteiger partial charge in [-0.3, -0.25) is 4.79 Å². The fraction of sp³-hybridized carbons (Fsp3) is 0.286. The largest absolute Gasteiger partial charge is 0.494 e. The maximum Gasteiger partial charge on any atom is 0.246 e. The number of carbonyl (C=O) groups excluding carboxylic acids is 1. The molecule has 0 bridgehead atoms. The standard InChI is InChI=1S/C21H24N2O4S/c1-2-27-19-9-11-20(12-10-19)28(25,26)23-16-14-22(15-17-23)21(24)13-8-18-6-4-3-5-7-18/h3-13H,2,14-17H2,1H3/b13-8+. The minimum Gasteiger partial charge on any atom is -0.494 e. The van der Waals surface area contributed by atoms with E-state index in [0.29, 0.717) is 25.4 Å². The van der Waals surface area contributed by atoms with Gasteiger partial charge in [0.2, 0.25) is 15.9 Å². The molecule has 28 heavy (non-hydrogen) atoms. The van der Waals surface area contributed by atoms with Crippen molar-refractivity contribution in [2.45, 2.75) is 11.8 Å². The van der Waals surface area contributed by atoms with E-state index in [-0.39, 0.29) is 23.9 Å². The van der Waals surface area contributed by atoms with Gasteiger partial charge in [0.1, 0.15) is 5.75 Å². The molecule has 0 unspecified atom stereocenters. The van der Waals surface area contributed by atoms with Crippen LogP contribution in [0.2, 0.25) is 0 Å². The van der Waals surface area contributed by atoms with E-state index in [1.54, 1.807) is 35.2 Å². The molecule has 148 valence electrons. The number of hydrogen-bond donors (Lipinski definition) is 0. The van der Waals surface area contributed by atoms with Crippen LogP contribution in [-0.4, -0.2) is 56.3 Å². The third-order valence-electron chi connectivity index (χ3n) is 4.54. The lowest BCUT2D eigenvalue weighted by atomic mass is 10.2. The Morgan fingerprint density at radius 2 is 1.64 bits per heavy atom. The molecule has 2 aromatic carbocycles. The van der Waals surface area contributed by atoms with Crippen LogP contribution >= 0.6 is 0 Å². The molecular weight excluding hydrogens is 376 g/mol. The Balaban J connectivity index is 1.59. The summed E-state index contributed by atoms with van der Waals surface area (Å²) in [7, 11) is -3.58. The first-order chi connectivity index (χ1) is 13.5. The van der Waals surface area contributed by atoms with E-state index in [9.17, 15) is 13.2 Å². The molecule has 0 N–H and O–H groups in total. The highest BCUT2D eigenvalue weighted by molar-refractivity contribution is 7.89. The highest BCUT2D eigenvalue weighted by atomic mass is 32.2. The monoisotopic (exact) mass is 400 g/mol. The first-order valence-electron chi connectivity index (χ1n) is 9.26. The highest BCUT2D eigenvalue weighted by Gasteiger charge is 2.29. The van der Waals surface area contributed by atoms with E-state index < -0.39 is 10.0 Å². The first kappa shape index (κ1) is 20.1. The van der Waals surface area contributed by atoms with Crippen LogP contribution in [0.4, 0.5) is 0 Å². The quantitative estimate of drug-likeness (QED) is 0.699. The van der Waals surface area contributed by atoms with Gasteiger partial charge < -0.3 is 9.64 Å². The fourth-order valence-electron chi connectivity index (χ4n) is 3.01. The Hall–Kier alpha value is -2.64. The van der Waals surface area contributed by atoms with Crippen LogP contribution in [0.5, 0.6) is 5.75 Å². The van der Waals surface area contributed by atoms with Crippen LogP contribution in [-0.2, 0) is 14.8 Å². The Morgan fingerprint density at radius 1 is 1.00 bits per heavy atom. The summed E-state index contributed by atoms with van der Waals surface area (Å²) in [5.74, 6) is 0.532. The minimum absolute atomic E-state index is 0.109. The second kappa shape index (κ2) is 9.03. The predicted molar refractivity (Wildman–Crippen MR) is 108 cm³/mol. The molecular formula is C21H24N2O4S. The van der Waals surface area contributed by atoms with Crippen molar-refractivity contribution in [2.75, 3.05) is 32.8 Å². The van der Waals surface area contributed by atoms with Gasteiger partial charge >= 0.3 is 0 Å². The van der Waals surface area contributed by atoms with Gasteiger partial charge in [-0.15, -0.1) is 0 Å². The molecule has 0 radical (unpaired) electrons. The topological polar surface area (TPSA) is 66.9 Å². The van der Waals surface area contributed by atoms with Crippen LogP contribution in [0.25, 0.3) is 6.08 Å². The average Bonchev–Trinajstić information content (AvgIpc) is 2.73. The molecule has 3 rings (SSSR count). The van der Waals surface area contributed by atoms with Crippen molar-refractivity contribution < 1.29 is 17.9 Å².